The largest absolute Gasteiger partial charge is 0.514 e. The molecule has 1 aromatic rings. The van der Waals surface area contributed by atoms with Crippen LogP contribution in [0.25, 0.3) is 0 Å². The summed E-state index contributed by atoms with van der Waals surface area (Å²) in [4.78, 5) is 46.1. The number of carbonyl (C=O) groups is 3. The number of benzene rings is 1. The van der Waals surface area contributed by atoms with Crippen molar-refractivity contribution in [1.29, 1.82) is 0 Å². The summed E-state index contributed by atoms with van der Waals surface area (Å²) < 4.78 is 10.1. The minimum atomic E-state index is -0.883. The molecule has 0 atom stereocenters. The van der Waals surface area contributed by atoms with Crippen molar-refractivity contribution in [2.24, 2.45) is 11.5 Å². The van der Waals surface area contributed by atoms with E-state index in [4.69, 9.17) is 26.0 Å². The fraction of sp³-hybridized carbons (Fsp3) is 0.526. The normalized spacial score (nSPS) is 17.0. The summed E-state index contributed by atoms with van der Waals surface area (Å²) >= 11 is 0. The molecular formula is C19H27N5O8. The maximum atomic E-state index is 11.6. The van der Waals surface area contributed by atoms with Crippen LogP contribution in [-0.4, -0.2) is 76.4 Å². The minimum absolute atomic E-state index is 0.0976. The summed E-state index contributed by atoms with van der Waals surface area (Å²) in [5.74, 6) is 0.158. The molecule has 3 rings (SSSR count). The van der Waals surface area contributed by atoms with Crippen LogP contribution in [0.3, 0.4) is 0 Å². The fourth-order valence-electron chi connectivity index (χ4n) is 3.17. The molecule has 2 aliphatic rings. The van der Waals surface area contributed by atoms with E-state index in [1.165, 1.54) is 29.2 Å². The van der Waals surface area contributed by atoms with Crippen LogP contribution >= 0.6 is 0 Å². The second-order valence-corrected chi connectivity index (χ2v) is 7.30. The molecule has 1 aromatic carbocycles. The molecule has 13 nitrogen and oxygen atoms in total. The Morgan fingerprint density at radius 1 is 0.938 bits per heavy atom. The number of piperidine rings is 2. The van der Waals surface area contributed by atoms with E-state index in [9.17, 15) is 24.5 Å². The highest BCUT2D eigenvalue weighted by Gasteiger charge is 2.25. The summed E-state index contributed by atoms with van der Waals surface area (Å²) in [5.41, 5.74) is 10.1. The monoisotopic (exact) mass is 453 g/mol. The van der Waals surface area contributed by atoms with Crippen molar-refractivity contribution in [2.75, 3.05) is 26.2 Å². The summed E-state index contributed by atoms with van der Waals surface area (Å²) in [6, 6.07) is 4.21. The molecule has 13 heteroatoms. The lowest BCUT2D eigenvalue weighted by atomic mass is 10.1. The lowest BCUT2D eigenvalue weighted by molar-refractivity contribution is -0.384. The molecule has 5 N–H and O–H groups in total. The van der Waals surface area contributed by atoms with E-state index < -0.39 is 17.1 Å². The maximum absolute atomic E-state index is 11.6. The van der Waals surface area contributed by atoms with E-state index in [0.717, 1.165) is 0 Å². The van der Waals surface area contributed by atoms with Crippen LogP contribution in [0.2, 0.25) is 0 Å². The van der Waals surface area contributed by atoms with Gasteiger partial charge in [0.1, 0.15) is 11.9 Å². The zero-order chi connectivity index (χ0) is 23.7. The lowest BCUT2D eigenvalue weighted by Crippen LogP contribution is -2.44. The number of nitrogens with two attached hydrogens (primary N) is 2. The van der Waals surface area contributed by atoms with Crippen molar-refractivity contribution in [2.45, 2.75) is 37.9 Å². The number of nitro groups is 1. The Morgan fingerprint density at radius 2 is 1.41 bits per heavy atom. The van der Waals surface area contributed by atoms with Crippen LogP contribution in [0.5, 0.6) is 5.75 Å². The number of nitrogens with zero attached hydrogens (tertiary/aromatic N) is 3. The van der Waals surface area contributed by atoms with Crippen LogP contribution in [-0.2, 0) is 4.74 Å². The van der Waals surface area contributed by atoms with E-state index in [0.29, 0.717) is 51.9 Å². The standard InChI is InChI=1S/C13H15N3O6.C6H12N2O2/c14-12(17)15-7-5-11(6-8-15)22-13(18)21-10-3-1-9(2-4-10)16(19)20;7-6(10)8-3-1-5(9)2-4-8/h1-4,11H,5-8H2,(H2,14,17);5,9H,1-4H2,(H2,7,10). The quantitative estimate of drug-likeness (QED) is 0.263. The number of urea groups is 2. The first kappa shape index (κ1) is 24.7. The fourth-order valence-corrected chi connectivity index (χ4v) is 3.17. The zero-order valence-electron chi connectivity index (χ0n) is 17.4. The predicted molar refractivity (Wildman–Crippen MR) is 111 cm³/mol. The highest BCUT2D eigenvalue weighted by molar-refractivity contribution is 5.72. The molecule has 2 saturated heterocycles. The van der Waals surface area contributed by atoms with Gasteiger partial charge in [-0.25, -0.2) is 14.4 Å². The number of carbonyl (C=O) groups excluding carboxylic acids is 3. The number of likely N-dealkylation sites (tertiary alicyclic amines) is 2. The van der Waals surface area contributed by atoms with Gasteiger partial charge in [-0.3, -0.25) is 10.1 Å². The predicted octanol–water partition coefficient (Wildman–Crippen LogP) is 1.18. The van der Waals surface area contributed by atoms with Gasteiger partial charge in [-0.1, -0.05) is 0 Å². The number of ether oxygens (including phenoxy) is 2. The Balaban J connectivity index is 0.000000303. The van der Waals surface area contributed by atoms with Crippen molar-refractivity contribution in [3.8, 4) is 5.75 Å². The Morgan fingerprint density at radius 3 is 1.84 bits per heavy atom. The third-order valence-electron chi connectivity index (χ3n) is 5.04. The first-order valence-electron chi connectivity index (χ1n) is 10.1. The van der Waals surface area contributed by atoms with Gasteiger partial charge >= 0.3 is 18.2 Å². The number of non-ortho nitro benzene ring substituents is 1. The summed E-state index contributed by atoms with van der Waals surface area (Å²) in [5, 5.41) is 19.5. The van der Waals surface area contributed by atoms with Gasteiger partial charge in [0.25, 0.3) is 5.69 Å². The van der Waals surface area contributed by atoms with Crippen LogP contribution in [0.4, 0.5) is 20.1 Å². The summed E-state index contributed by atoms with van der Waals surface area (Å²) in [6.45, 7) is 2.03. The van der Waals surface area contributed by atoms with Crippen LogP contribution in [0.1, 0.15) is 25.7 Å². The number of rotatable bonds is 3. The van der Waals surface area contributed by atoms with Crippen molar-refractivity contribution >= 4 is 23.9 Å². The van der Waals surface area contributed by atoms with Gasteiger partial charge in [-0.2, -0.15) is 0 Å². The average molecular weight is 453 g/mol. The number of aliphatic hydroxyl groups is 1. The zero-order valence-corrected chi connectivity index (χ0v) is 17.4. The smallest absolute Gasteiger partial charge is 0.431 e. The molecule has 0 spiro atoms. The van der Waals surface area contributed by atoms with Gasteiger partial charge in [0.15, 0.2) is 0 Å². The number of nitro benzene ring substituents is 1. The molecule has 0 bridgehead atoms. The van der Waals surface area contributed by atoms with Crippen LogP contribution < -0.4 is 16.2 Å². The Labute approximate surface area is 184 Å². The van der Waals surface area contributed by atoms with Gasteiger partial charge in [0, 0.05) is 51.2 Å². The third-order valence-corrected chi connectivity index (χ3v) is 5.04. The average Bonchev–Trinajstić information content (AvgIpc) is 2.75. The first-order valence-corrected chi connectivity index (χ1v) is 10.1. The van der Waals surface area contributed by atoms with Crippen LogP contribution in [0.15, 0.2) is 24.3 Å². The van der Waals surface area contributed by atoms with E-state index in [-0.39, 0.29) is 29.7 Å². The van der Waals surface area contributed by atoms with Gasteiger partial charge in [0.2, 0.25) is 0 Å². The topological polar surface area (TPSA) is 192 Å². The van der Waals surface area contributed by atoms with Crippen molar-refractivity contribution < 1.29 is 33.9 Å². The SMILES string of the molecule is NC(=O)N1CCC(O)CC1.NC(=O)N1CCC(OC(=O)Oc2ccc([N+](=O)[O-])cc2)CC1. The van der Waals surface area contributed by atoms with E-state index >= 15 is 0 Å². The second-order valence-electron chi connectivity index (χ2n) is 7.30. The number of primary amides is 2. The van der Waals surface area contributed by atoms with Crippen molar-refractivity contribution in [3.05, 3.63) is 34.4 Å². The molecule has 0 radical (unpaired) electrons. The molecule has 2 heterocycles. The van der Waals surface area contributed by atoms with E-state index in [1.807, 2.05) is 0 Å². The number of hydrogen-bond acceptors (Lipinski definition) is 8. The number of hydrogen-bond donors (Lipinski definition) is 3. The molecule has 0 saturated carbocycles. The third kappa shape index (κ3) is 7.91. The van der Waals surface area contributed by atoms with Crippen molar-refractivity contribution in [3.63, 3.8) is 0 Å². The number of amides is 4. The Bertz CT molecular complexity index is 802. The Hall–Kier alpha value is -3.61. The minimum Gasteiger partial charge on any atom is -0.431 e. The number of aliphatic hydroxyl groups excluding tert-OH is 1. The molecule has 176 valence electrons. The molecule has 2 aliphatic heterocycles. The molecule has 0 unspecified atom stereocenters. The summed E-state index contributed by atoms with van der Waals surface area (Å²) in [6.07, 6.45) is 0.811. The highest BCUT2D eigenvalue weighted by atomic mass is 16.7. The van der Waals surface area contributed by atoms with E-state index in [2.05, 4.69) is 0 Å². The molecular weight excluding hydrogens is 426 g/mol. The van der Waals surface area contributed by atoms with Crippen LogP contribution in [0, 0.1) is 10.1 Å². The molecule has 0 aromatic heterocycles. The molecule has 0 aliphatic carbocycles. The van der Waals surface area contributed by atoms with Gasteiger partial charge < -0.3 is 35.8 Å². The molecule has 2 fully saturated rings. The van der Waals surface area contributed by atoms with Crippen molar-refractivity contribution in [1.82, 2.24) is 9.80 Å². The second kappa shape index (κ2) is 11.7. The highest BCUT2D eigenvalue weighted by Crippen LogP contribution is 2.19. The maximum Gasteiger partial charge on any atom is 0.514 e. The summed E-state index contributed by atoms with van der Waals surface area (Å²) in [7, 11) is 0. The lowest BCUT2D eigenvalue weighted by Gasteiger charge is -2.29. The van der Waals surface area contributed by atoms with Gasteiger partial charge in [-0.15, -0.1) is 0 Å². The van der Waals surface area contributed by atoms with Gasteiger partial charge in [-0.05, 0) is 25.0 Å². The molecule has 32 heavy (non-hydrogen) atoms. The van der Waals surface area contributed by atoms with Gasteiger partial charge in [0.05, 0.1) is 11.0 Å². The first-order chi connectivity index (χ1) is 15.2. The molecule has 4 amide bonds. The Kier molecular flexibility index (Phi) is 9.01. The van der Waals surface area contributed by atoms with E-state index in [1.54, 1.807) is 4.90 Å².